The van der Waals surface area contributed by atoms with Crippen molar-refractivity contribution in [1.82, 2.24) is 9.78 Å². The van der Waals surface area contributed by atoms with E-state index in [2.05, 4.69) is 15.2 Å². The molecule has 0 radical (unpaired) electrons. The number of amides is 1. The highest BCUT2D eigenvalue weighted by Gasteiger charge is 2.25. The molecule has 1 aromatic carbocycles. The SMILES string of the molecule is COC(=O)c1ccc(NC(=O)Cn2nc(C3CC3)ccc2=O)cc1. The Kier molecular flexibility index (Phi) is 4.41. The van der Waals surface area contributed by atoms with Crippen molar-refractivity contribution in [1.29, 1.82) is 0 Å². The highest BCUT2D eigenvalue weighted by atomic mass is 16.5. The lowest BCUT2D eigenvalue weighted by Gasteiger charge is -2.08. The lowest BCUT2D eigenvalue weighted by Crippen LogP contribution is -2.29. The Morgan fingerprint density at radius 3 is 2.54 bits per heavy atom. The monoisotopic (exact) mass is 327 g/mol. The molecule has 7 nitrogen and oxygen atoms in total. The maximum Gasteiger partial charge on any atom is 0.337 e. The van der Waals surface area contributed by atoms with Crippen LogP contribution in [0.3, 0.4) is 0 Å². The van der Waals surface area contributed by atoms with Crippen LogP contribution in [0.25, 0.3) is 0 Å². The van der Waals surface area contributed by atoms with Gasteiger partial charge in [0, 0.05) is 17.7 Å². The first-order valence-corrected chi connectivity index (χ1v) is 7.63. The molecule has 0 aliphatic heterocycles. The summed E-state index contributed by atoms with van der Waals surface area (Å²) in [7, 11) is 1.30. The number of carbonyl (C=O) groups is 2. The molecule has 2 aromatic rings. The van der Waals surface area contributed by atoms with Crippen molar-refractivity contribution in [2.75, 3.05) is 12.4 Å². The van der Waals surface area contributed by atoms with Crippen molar-refractivity contribution in [2.24, 2.45) is 0 Å². The van der Waals surface area contributed by atoms with Crippen molar-refractivity contribution in [2.45, 2.75) is 25.3 Å². The van der Waals surface area contributed by atoms with E-state index in [1.165, 1.54) is 17.9 Å². The molecular formula is C17H17N3O4. The van der Waals surface area contributed by atoms with Crippen molar-refractivity contribution in [3.8, 4) is 0 Å². The topological polar surface area (TPSA) is 90.3 Å². The summed E-state index contributed by atoms with van der Waals surface area (Å²) < 4.78 is 5.78. The van der Waals surface area contributed by atoms with E-state index < -0.39 is 5.97 Å². The maximum atomic E-state index is 12.1. The Balaban J connectivity index is 1.66. The Hall–Kier alpha value is -2.96. The van der Waals surface area contributed by atoms with Crippen LogP contribution >= 0.6 is 0 Å². The highest BCUT2D eigenvalue weighted by molar-refractivity contribution is 5.92. The number of nitrogens with one attached hydrogen (secondary N) is 1. The molecule has 1 amide bonds. The normalized spacial score (nSPS) is 13.4. The fourth-order valence-corrected chi connectivity index (χ4v) is 2.32. The molecule has 7 heteroatoms. The van der Waals surface area contributed by atoms with E-state index in [9.17, 15) is 14.4 Å². The molecule has 0 unspecified atom stereocenters. The van der Waals surface area contributed by atoms with Gasteiger partial charge in [0.1, 0.15) is 6.54 Å². The summed E-state index contributed by atoms with van der Waals surface area (Å²) in [5, 5.41) is 6.92. The number of methoxy groups -OCH3 is 1. The van der Waals surface area contributed by atoms with Gasteiger partial charge >= 0.3 is 5.97 Å². The third-order valence-corrected chi connectivity index (χ3v) is 3.77. The first-order valence-electron chi connectivity index (χ1n) is 7.63. The van der Waals surface area contributed by atoms with Gasteiger partial charge in [-0.1, -0.05) is 0 Å². The molecule has 0 spiro atoms. The van der Waals surface area contributed by atoms with E-state index in [0.717, 1.165) is 18.5 Å². The number of hydrogen-bond donors (Lipinski definition) is 1. The van der Waals surface area contributed by atoms with Gasteiger partial charge < -0.3 is 10.1 Å². The van der Waals surface area contributed by atoms with Gasteiger partial charge in [-0.3, -0.25) is 9.59 Å². The van der Waals surface area contributed by atoms with Crippen LogP contribution in [0.4, 0.5) is 5.69 Å². The first kappa shape index (κ1) is 15.9. The number of esters is 1. The summed E-state index contributed by atoms with van der Waals surface area (Å²) in [6, 6.07) is 9.47. The number of ether oxygens (including phenoxy) is 1. The number of rotatable bonds is 5. The molecule has 1 aromatic heterocycles. The molecule has 1 aliphatic rings. The predicted molar refractivity (Wildman–Crippen MR) is 86.9 cm³/mol. The van der Waals surface area contributed by atoms with Gasteiger partial charge in [0.15, 0.2) is 0 Å². The van der Waals surface area contributed by atoms with Gasteiger partial charge in [-0.15, -0.1) is 0 Å². The highest BCUT2D eigenvalue weighted by Crippen LogP contribution is 2.38. The van der Waals surface area contributed by atoms with Crippen molar-refractivity contribution in [3.63, 3.8) is 0 Å². The third-order valence-electron chi connectivity index (χ3n) is 3.77. The number of hydrogen-bond acceptors (Lipinski definition) is 5. The van der Waals surface area contributed by atoms with E-state index in [1.54, 1.807) is 30.3 Å². The molecular weight excluding hydrogens is 310 g/mol. The number of anilines is 1. The number of carbonyl (C=O) groups excluding carboxylic acids is 2. The fourth-order valence-electron chi connectivity index (χ4n) is 2.32. The van der Waals surface area contributed by atoms with E-state index >= 15 is 0 Å². The largest absolute Gasteiger partial charge is 0.465 e. The summed E-state index contributed by atoms with van der Waals surface area (Å²) in [4.78, 5) is 35.3. The van der Waals surface area contributed by atoms with Crippen LogP contribution in [0.1, 0.15) is 34.8 Å². The van der Waals surface area contributed by atoms with Gasteiger partial charge in [-0.05, 0) is 43.2 Å². The molecule has 1 N–H and O–H groups in total. The Bertz CT molecular complexity index is 822. The molecule has 1 fully saturated rings. The van der Waals surface area contributed by atoms with Gasteiger partial charge in [0.25, 0.3) is 5.56 Å². The average Bonchev–Trinajstić information content (AvgIpc) is 3.42. The molecule has 0 saturated heterocycles. The van der Waals surface area contributed by atoms with Gasteiger partial charge in [-0.25, -0.2) is 9.48 Å². The van der Waals surface area contributed by atoms with E-state index in [4.69, 9.17) is 0 Å². The van der Waals surface area contributed by atoms with E-state index in [-0.39, 0.29) is 18.0 Å². The summed E-state index contributed by atoms with van der Waals surface area (Å²) in [5.74, 6) is -0.394. The van der Waals surface area contributed by atoms with Crippen LogP contribution in [-0.4, -0.2) is 28.8 Å². The minimum absolute atomic E-state index is 0.155. The minimum atomic E-state index is -0.444. The minimum Gasteiger partial charge on any atom is -0.465 e. The maximum absolute atomic E-state index is 12.1. The van der Waals surface area contributed by atoms with Crippen molar-refractivity contribution >= 4 is 17.6 Å². The summed E-state index contributed by atoms with van der Waals surface area (Å²) >= 11 is 0. The zero-order chi connectivity index (χ0) is 17.1. The molecule has 3 rings (SSSR count). The lowest BCUT2D eigenvalue weighted by molar-refractivity contribution is -0.117. The zero-order valence-corrected chi connectivity index (χ0v) is 13.2. The summed E-state index contributed by atoms with van der Waals surface area (Å²) in [6.07, 6.45) is 2.15. The Labute approximate surface area is 138 Å². The molecule has 0 atom stereocenters. The predicted octanol–water partition coefficient (Wildman–Crippen LogP) is 1.55. The standard InChI is InChI=1S/C17H17N3O4/c1-24-17(23)12-4-6-13(7-5-12)18-15(21)10-20-16(22)9-8-14(19-20)11-2-3-11/h4-9,11H,2-3,10H2,1H3,(H,18,21). The molecule has 0 bridgehead atoms. The van der Waals surface area contributed by atoms with Crippen LogP contribution in [0.15, 0.2) is 41.2 Å². The smallest absolute Gasteiger partial charge is 0.337 e. The van der Waals surface area contributed by atoms with Gasteiger partial charge in [-0.2, -0.15) is 5.10 Å². The number of benzene rings is 1. The van der Waals surface area contributed by atoms with Crippen LogP contribution in [-0.2, 0) is 16.1 Å². The first-order chi connectivity index (χ1) is 11.6. The van der Waals surface area contributed by atoms with Crippen LogP contribution < -0.4 is 10.9 Å². The molecule has 24 heavy (non-hydrogen) atoms. The summed E-state index contributed by atoms with van der Waals surface area (Å²) in [5.41, 5.74) is 1.46. The Morgan fingerprint density at radius 1 is 1.21 bits per heavy atom. The van der Waals surface area contributed by atoms with Crippen molar-refractivity contribution in [3.05, 3.63) is 58.0 Å². The Morgan fingerprint density at radius 2 is 1.92 bits per heavy atom. The van der Waals surface area contributed by atoms with Gasteiger partial charge in [0.2, 0.25) is 5.91 Å². The second-order valence-corrected chi connectivity index (χ2v) is 5.65. The number of aromatic nitrogens is 2. The zero-order valence-electron chi connectivity index (χ0n) is 13.2. The molecule has 1 saturated carbocycles. The quantitative estimate of drug-likeness (QED) is 0.841. The summed E-state index contributed by atoms with van der Waals surface area (Å²) in [6.45, 7) is -0.155. The lowest BCUT2D eigenvalue weighted by atomic mass is 10.2. The second kappa shape index (κ2) is 6.66. The fraction of sp³-hybridized carbons (Fsp3) is 0.294. The second-order valence-electron chi connectivity index (χ2n) is 5.65. The van der Waals surface area contributed by atoms with Crippen LogP contribution in [0.5, 0.6) is 0 Å². The van der Waals surface area contributed by atoms with Crippen LogP contribution in [0.2, 0.25) is 0 Å². The molecule has 1 heterocycles. The van der Waals surface area contributed by atoms with E-state index in [0.29, 0.717) is 17.2 Å². The van der Waals surface area contributed by atoms with E-state index in [1.807, 2.05) is 0 Å². The van der Waals surface area contributed by atoms with Crippen LogP contribution in [0, 0.1) is 0 Å². The van der Waals surface area contributed by atoms with Gasteiger partial charge in [0.05, 0.1) is 18.4 Å². The third kappa shape index (κ3) is 3.68. The molecule has 124 valence electrons. The number of nitrogens with zero attached hydrogens (tertiary/aromatic N) is 2. The van der Waals surface area contributed by atoms with Crippen molar-refractivity contribution < 1.29 is 14.3 Å². The average molecular weight is 327 g/mol. The molecule has 1 aliphatic carbocycles.